The van der Waals surface area contributed by atoms with Crippen LogP contribution in [0.1, 0.15) is 83.8 Å². The highest BCUT2D eigenvalue weighted by Crippen LogP contribution is 2.53. The van der Waals surface area contributed by atoms with Crippen LogP contribution in [-0.4, -0.2) is 59.1 Å². The second-order valence-electron chi connectivity index (χ2n) is 14.6. The van der Waals surface area contributed by atoms with Crippen molar-refractivity contribution in [1.82, 2.24) is 0 Å². The molecule has 0 atom stereocenters. The fraction of sp³-hybridized carbons (Fsp3) is 0.425. The molecule has 2 aromatic rings. The number of anilines is 1. The number of benzene rings is 2. The van der Waals surface area contributed by atoms with Gasteiger partial charge in [-0.15, -0.1) is 0 Å². The fourth-order valence-electron chi connectivity index (χ4n) is 7.94. The van der Waals surface area contributed by atoms with Crippen molar-refractivity contribution in [3.63, 3.8) is 0 Å². The van der Waals surface area contributed by atoms with E-state index in [4.69, 9.17) is 30.5 Å². The maximum absolute atomic E-state index is 11.4. The van der Waals surface area contributed by atoms with Crippen LogP contribution in [0.15, 0.2) is 70.4 Å². The van der Waals surface area contributed by atoms with Gasteiger partial charge in [0.25, 0.3) is 0 Å². The normalized spacial score (nSPS) is 21.0. The minimum Gasteiger partial charge on any atom is -0.481 e. The van der Waals surface area contributed by atoms with Gasteiger partial charge in [0.15, 0.2) is 28.7 Å². The van der Waals surface area contributed by atoms with Crippen molar-refractivity contribution in [2.75, 3.05) is 31.6 Å². The number of hydrogen-bond acceptors (Lipinski definition) is 7. The first kappa shape index (κ1) is 34.7. The van der Waals surface area contributed by atoms with Crippen molar-refractivity contribution in [2.45, 2.75) is 83.5 Å². The number of fused-ring (bicyclic) bond motifs is 4. The average Bonchev–Trinajstić information content (AvgIpc) is 3.82. The Morgan fingerprint density at radius 3 is 2.14 bits per heavy atom. The Labute approximate surface area is 302 Å². The third kappa shape index (κ3) is 6.39. The molecule has 0 saturated heterocycles. The molecule has 0 amide bonds. The Hall–Kier alpha value is -4.70. The summed E-state index contributed by atoms with van der Waals surface area (Å²) >= 11 is 7.18. The third-order valence-electron chi connectivity index (χ3n) is 10.7. The van der Waals surface area contributed by atoms with Crippen molar-refractivity contribution in [1.29, 1.82) is 0 Å². The van der Waals surface area contributed by atoms with Gasteiger partial charge >= 0.3 is 11.9 Å². The molecule has 0 bridgehead atoms. The van der Waals surface area contributed by atoms with E-state index in [-0.39, 0.29) is 37.3 Å². The predicted octanol–water partition coefficient (Wildman–Crippen LogP) is 8.09. The molecule has 268 valence electrons. The lowest BCUT2D eigenvalue weighted by Crippen LogP contribution is -2.28. The standard InChI is InChI=1S/C40H43ClN2O8/c1-39(2)26-18-30-32(50-22-48-30)20-28(26)42(16-6-10-36(44)45)34(39)14-12-24-8-5-9-25(38(24)41)13-15-35-40(3,4)27-19-31-33(51-23-49-31)21-29(27)43(35)17-7-11-37(46)47/h12-15,18-21H,5-11,16-17,22-23H2,1-4H3,(H-,44,45,46,47)/p+1. The number of ether oxygens (including phenoxy) is 4. The Kier molecular flexibility index (Phi) is 9.16. The van der Waals surface area contributed by atoms with Crippen LogP contribution >= 0.6 is 11.6 Å². The van der Waals surface area contributed by atoms with Gasteiger partial charge in [-0.3, -0.25) is 9.59 Å². The van der Waals surface area contributed by atoms with Crippen LogP contribution in [0, 0.1) is 0 Å². The molecular weight excluding hydrogens is 672 g/mol. The summed E-state index contributed by atoms with van der Waals surface area (Å²) in [6.07, 6.45) is 12.3. The number of halogens is 1. The minimum absolute atomic E-state index is 0.0806. The van der Waals surface area contributed by atoms with Gasteiger partial charge in [0, 0.05) is 58.9 Å². The largest absolute Gasteiger partial charge is 0.481 e. The quantitative estimate of drug-likeness (QED) is 0.223. The summed E-state index contributed by atoms with van der Waals surface area (Å²) in [7, 11) is 0. The minimum atomic E-state index is -0.815. The van der Waals surface area contributed by atoms with Crippen LogP contribution in [0.3, 0.4) is 0 Å². The lowest BCUT2D eigenvalue weighted by Gasteiger charge is -2.27. The van der Waals surface area contributed by atoms with Gasteiger partial charge in [-0.25, -0.2) is 0 Å². The Balaban J connectivity index is 1.22. The summed E-state index contributed by atoms with van der Waals surface area (Å²) in [6, 6.07) is 8.10. The maximum atomic E-state index is 11.4. The van der Waals surface area contributed by atoms with Gasteiger partial charge in [0.05, 0.1) is 17.9 Å². The van der Waals surface area contributed by atoms with E-state index in [1.165, 1.54) is 0 Å². The smallest absolute Gasteiger partial charge is 0.303 e. The van der Waals surface area contributed by atoms with E-state index in [9.17, 15) is 19.8 Å². The van der Waals surface area contributed by atoms with E-state index in [0.717, 1.165) is 80.9 Å². The molecular formula is C40H44ClN2O8+. The van der Waals surface area contributed by atoms with Crippen molar-refractivity contribution >= 4 is 40.6 Å². The molecule has 10 nitrogen and oxygen atoms in total. The molecule has 4 heterocycles. The Bertz CT molecular complexity index is 1970. The summed E-state index contributed by atoms with van der Waals surface area (Å²) < 4.78 is 25.0. The second kappa shape index (κ2) is 13.5. The molecule has 5 aliphatic rings. The molecule has 0 spiro atoms. The van der Waals surface area contributed by atoms with Gasteiger partial charge in [0.1, 0.15) is 6.54 Å². The maximum Gasteiger partial charge on any atom is 0.303 e. The number of carboxylic acids is 2. The zero-order chi connectivity index (χ0) is 36.1. The summed E-state index contributed by atoms with van der Waals surface area (Å²) in [4.78, 5) is 25.0. The van der Waals surface area contributed by atoms with E-state index in [0.29, 0.717) is 37.4 Å². The van der Waals surface area contributed by atoms with Crippen molar-refractivity contribution in [3.8, 4) is 23.0 Å². The average molecular weight is 716 g/mol. The van der Waals surface area contributed by atoms with Gasteiger partial charge in [-0.1, -0.05) is 37.6 Å². The van der Waals surface area contributed by atoms with Crippen LogP contribution in [0.4, 0.5) is 11.4 Å². The number of aliphatic carboxylic acids is 2. The van der Waals surface area contributed by atoms with E-state index in [1.54, 1.807) is 0 Å². The molecule has 2 aromatic carbocycles. The summed E-state index contributed by atoms with van der Waals surface area (Å²) in [5.41, 5.74) is 7.68. The Morgan fingerprint density at radius 1 is 0.824 bits per heavy atom. The first-order chi connectivity index (χ1) is 24.4. The molecule has 0 fully saturated rings. The zero-order valence-corrected chi connectivity index (χ0v) is 30.3. The van der Waals surface area contributed by atoms with Crippen molar-refractivity contribution in [3.05, 3.63) is 81.6 Å². The molecule has 0 saturated carbocycles. The fourth-order valence-corrected chi connectivity index (χ4v) is 8.26. The molecule has 51 heavy (non-hydrogen) atoms. The van der Waals surface area contributed by atoms with Crippen molar-refractivity contribution in [2.24, 2.45) is 0 Å². The van der Waals surface area contributed by atoms with Gasteiger partial charge in [-0.2, -0.15) is 4.58 Å². The van der Waals surface area contributed by atoms with E-state index in [1.807, 2.05) is 24.3 Å². The first-order valence-corrected chi connectivity index (χ1v) is 18.0. The summed E-state index contributed by atoms with van der Waals surface area (Å²) in [6.45, 7) is 10.2. The van der Waals surface area contributed by atoms with Crippen molar-refractivity contribution < 1.29 is 43.3 Å². The molecule has 0 radical (unpaired) electrons. The molecule has 4 aliphatic heterocycles. The van der Waals surface area contributed by atoms with E-state index < -0.39 is 11.9 Å². The third-order valence-corrected chi connectivity index (χ3v) is 11.1. The second-order valence-corrected chi connectivity index (χ2v) is 15.0. The lowest BCUT2D eigenvalue weighted by molar-refractivity contribution is -0.438. The van der Waals surface area contributed by atoms with Gasteiger partial charge < -0.3 is 34.1 Å². The predicted molar refractivity (Wildman–Crippen MR) is 194 cm³/mol. The topological polar surface area (TPSA) is 118 Å². The SMILES string of the molecule is CC1(C)C(/C=C/C2=C(Cl)C(=C/C=C3\N(CCCC(=O)O)c4cc5c(cc4C3(C)C)OCO5)CCC2)=[N+](CCCC(=O)O)c2cc3c(cc21)OCO3. The summed E-state index contributed by atoms with van der Waals surface area (Å²) in [5, 5.41) is 19.4. The van der Waals surface area contributed by atoms with E-state index in [2.05, 4.69) is 61.5 Å². The molecule has 2 N–H and O–H groups in total. The lowest BCUT2D eigenvalue weighted by atomic mass is 9.81. The highest BCUT2D eigenvalue weighted by Gasteiger charge is 2.46. The molecule has 1 aliphatic carbocycles. The number of hydrogen-bond donors (Lipinski definition) is 2. The summed E-state index contributed by atoms with van der Waals surface area (Å²) in [5.74, 6) is 1.20. The number of allylic oxidation sites excluding steroid dienone is 8. The highest BCUT2D eigenvalue weighted by molar-refractivity contribution is 6.32. The number of carboxylic acid groups (broad SMARTS) is 2. The van der Waals surface area contributed by atoms with Gasteiger partial charge in [-0.05, 0) is 74.4 Å². The zero-order valence-electron chi connectivity index (χ0n) is 29.5. The van der Waals surface area contributed by atoms with Gasteiger partial charge in [0.2, 0.25) is 19.3 Å². The first-order valence-electron chi connectivity index (χ1n) is 17.6. The van der Waals surface area contributed by atoms with Crippen LogP contribution in [0.25, 0.3) is 0 Å². The molecule has 0 aromatic heterocycles. The Morgan fingerprint density at radius 2 is 1.45 bits per heavy atom. The number of rotatable bonds is 11. The molecule has 0 unspecified atom stereocenters. The monoisotopic (exact) mass is 715 g/mol. The highest BCUT2D eigenvalue weighted by atomic mass is 35.5. The van der Waals surface area contributed by atoms with E-state index >= 15 is 0 Å². The van der Waals surface area contributed by atoms with Crippen LogP contribution in [0.2, 0.25) is 0 Å². The van der Waals surface area contributed by atoms with Crippen LogP contribution in [-0.2, 0) is 20.4 Å². The van der Waals surface area contributed by atoms with Crippen LogP contribution in [0.5, 0.6) is 23.0 Å². The molecule has 7 rings (SSSR count). The number of carbonyl (C=O) groups is 2. The van der Waals surface area contributed by atoms with Crippen LogP contribution < -0.4 is 23.8 Å². The molecule has 11 heteroatoms. The number of nitrogens with zero attached hydrogens (tertiary/aromatic N) is 2.